The van der Waals surface area contributed by atoms with E-state index < -0.39 is 0 Å². The van der Waals surface area contributed by atoms with Crippen LogP contribution in [0.1, 0.15) is 16.8 Å². The topological polar surface area (TPSA) is 39.9 Å². The minimum Gasteiger partial charge on any atom is -0.486 e. The van der Waals surface area contributed by atoms with Crippen LogP contribution in [0.25, 0.3) is 0 Å². The third-order valence-corrected chi connectivity index (χ3v) is 2.58. The number of rotatable bonds is 3. The summed E-state index contributed by atoms with van der Waals surface area (Å²) in [6.45, 7) is 2.38. The van der Waals surface area contributed by atoms with Crippen molar-refractivity contribution in [2.75, 3.05) is 5.88 Å². The molecular formula is C14H14ClN3O. The van der Waals surface area contributed by atoms with Crippen LogP contribution in [0, 0.1) is 18.8 Å². The van der Waals surface area contributed by atoms with Crippen molar-refractivity contribution in [2.24, 2.45) is 7.05 Å². The van der Waals surface area contributed by atoms with E-state index in [1.807, 2.05) is 38.4 Å². The van der Waals surface area contributed by atoms with Gasteiger partial charge in [-0.2, -0.15) is 0 Å². The summed E-state index contributed by atoms with van der Waals surface area (Å²) in [6, 6.07) is 5.87. The molecule has 19 heavy (non-hydrogen) atoms. The average Bonchev–Trinajstić information content (AvgIpc) is 2.81. The molecular weight excluding hydrogens is 262 g/mol. The zero-order valence-electron chi connectivity index (χ0n) is 10.9. The molecule has 0 unspecified atom stereocenters. The van der Waals surface area contributed by atoms with E-state index in [0.29, 0.717) is 12.5 Å². The fourth-order valence-corrected chi connectivity index (χ4v) is 1.68. The molecule has 0 aliphatic carbocycles. The first kappa shape index (κ1) is 13.4. The molecule has 1 heterocycles. The summed E-state index contributed by atoms with van der Waals surface area (Å²) in [5.41, 5.74) is 2.74. The molecule has 5 heteroatoms. The van der Waals surface area contributed by atoms with E-state index >= 15 is 0 Å². The maximum absolute atomic E-state index is 5.73. The maximum Gasteiger partial charge on any atom is 0.135 e. The molecule has 0 amide bonds. The third kappa shape index (κ3) is 3.73. The molecule has 2 aromatic rings. The van der Waals surface area contributed by atoms with Crippen molar-refractivity contribution in [1.29, 1.82) is 0 Å². The predicted octanol–water partition coefficient (Wildman–Crippen LogP) is 2.29. The Hall–Kier alpha value is -1.99. The highest BCUT2D eigenvalue weighted by molar-refractivity contribution is 6.19. The Morgan fingerprint density at radius 1 is 1.42 bits per heavy atom. The fraction of sp³-hybridized carbons (Fsp3) is 0.286. The molecule has 0 spiro atoms. The summed E-state index contributed by atoms with van der Waals surface area (Å²) < 4.78 is 7.37. The van der Waals surface area contributed by atoms with Gasteiger partial charge in [0.2, 0.25) is 0 Å². The van der Waals surface area contributed by atoms with E-state index in [2.05, 4.69) is 22.2 Å². The van der Waals surface area contributed by atoms with E-state index in [-0.39, 0.29) is 0 Å². The highest BCUT2D eigenvalue weighted by atomic mass is 35.5. The summed E-state index contributed by atoms with van der Waals surface area (Å²) >= 11 is 5.58. The Morgan fingerprint density at radius 3 is 2.95 bits per heavy atom. The Bertz CT molecular complexity index is 625. The minimum atomic E-state index is 0.303. The van der Waals surface area contributed by atoms with Crippen molar-refractivity contribution in [1.82, 2.24) is 15.0 Å². The first-order valence-corrected chi connectivity index (χ1v) is 6.36. The molecule has 0 bridgehead atoms. The molecule has 0 saturated heterocycles. The van der Waals surface area contributed by atoms with E-state index in [0.717, 1.165) is 22.6 Å². The minimum absolute atomic E-state index is 0.303. The van der Waals surface area contributed by atoms with E-state index in [4.69, 9.17) is 16.3 Å². The molecule has 98 valence electrons. The molecule has 0 aliphatic rings. The zero-order chi connectivity index (χ0) is 13.7. The fourth-order valence-electron chi connectivity index (χ4n) is 1.61. The van der Waals surface area contributed by atoms with E-state index in [1.54, 1.807) is 4.68 Å². The summed E-state index contributed by atoms with van der Waals surface area (Å²) in [5, 5.41) is 7.83. The van der Waals surface area contributed by atoms with E-state index in [1.165, 1.54) is 0 Å². The van der Waals surface area contributed by atoms with Crippen molar-refractivity contribution in [3.63, 3.8) is 0 Å². The second-order valence-electron chi connectivity index (χ2n) is 4.11. The summed E-state index contributed by atoms with van der Waals surface area (Å²) in [5.74, 6) is 6.87. The van der Waals surface area contributed by atoms with Crippen LogP contribution in [-0.4, -0.2) is 20.9 Å². The van der Waals surface area contributed by atoms with Gasteiger partial charge in [0, 0.05) is 7.05 Å². The zero-order valence-corrected chi connectivity index (χ0v) is 11.6. The van der Waals surface area contributed by atoms with Gasteiger partial charge in [0.05, 0.1) is 17.6 Å². The molecule has 1 aromatic carbocycles. The van der Waals surface area contributed by atoms with Crippen molar-refractivity contribution in [3.8, 4) is 17.6 Å². The van der Waals surface area contributed by atoms with Crippen molar-refractivity contribution in [2.45, 2.75) is 13.5 Å². The second-order valence-corrected chi connectivity index (χ2v) is 4.37. The predicted molar refractivity (Wildman–Crippen MR) is 74.1 cm³/mol. The third-order valence-electron chi connectivity index (χ3n) is 2.45. The smallest absolute Gasteiger partial charge is 0.135 e. The molecule has 2 rings (SSSR count). The van der Waals surface area contributed by atoms with Gasteiger partial charge in [-0.25, -0.2) is 0 Å². The maximum atomic E-state index is 5.73. The summed E-state index contributed by atoms with van der Waals surface area (Å²) in [7, 11) is 1.82. The Balaban J connectivity index is 2.15. The summed E-state index contributed by atoms with van der Waals surface area (Å²) in [6.07, 6.45) is 1.82. The Morgan fingerprint density at radius 2 is 2.26 bits per heavy atom. The quantitative estimate of drug-likeness (QED) is 0.637. The monoisotopic (exact) mass is 275 g/mol. The normalized spacial score (nSPS) is 9.84. The standard InChI is InChI=1S/C14H14ClN3O/c1-11-5-6-14(12(8-11)4-3-7-15)19-10-13-9-18(2)17-16-13/h5-6,8-9H,7,10H2,1-2H3. The van der Waals surface area contributed by atoms with Gasteiger partial charge in [0.1, 0.15) is 18.1 Å². The number of benzene rings is 1. The van der Waals surface area contributed by atoms with Crippen LogP contribution in [0.15, 0.2) is 24.4 Å². The molecule has 1 aromatic heterocycles. The largest absolute Gasteiger partial charge is 0.486 e. The van der Waals surface area contributed by atoms with E-state index in [9.17, 15) is 0 Å². The first-order valence-electron chi connectivity index (χ1n) is 5.82. The van der Waals surface area contributed by atoms with Gasteiger partial charge < -0.3 is 4.74 Å². The van der Waals surface area contributed by atoms with Crippen LogP contribution >= 0.6 is 11.6 Å². The van der Waals surface area contributed by atoms with Crippen LogP contribution in [0.3, 0.4) is 0 Å². The second kappa shape index (κ2) is 6.26. The average molecular weight is 276 g/mol. The van der Waals surface area contributed by atoms with Gasteiger partial charge in [0.15, 0.2) is 0 Å². The molecule has 4 nitrogen and oxygen atoms in total. The van der Waals surface area contributed by atoms with Gasteiger partial charge in [0.25, 0.3) is 0 Å². The SMILES string of the molecule is Cc1ccc(OCc2cn(C)nn2)c(C#CCCl)c1. The van der Waals surface area contributed by atoms with Crippen LogP contribution in [0.2, 0.25) is 0 Å². The van der Waals surface area contributed by atoms with Gasteiger partial charge in [-0.05, 0) is 24.6 Å². The number of nitrogens with zero attached hydrogens (tertiary/aromatic N) is 3. The lowest BCUT2D eigenvalue weighted by molar-refractivity contribution is 0.300. The molecule has 0 aliphatic heterocycles. The molecule has 0 saturated carbocycles. The van der Waals surface area contributed by atoms with Gasteiger partial charge in [-0.3, -0.25) is 4.68 Å². The lowest BCUT2D eigenvalue weighted by Crippen LogP contribution is -1.98. The van der Waals surface area contributed by atoms with Gasteiger partial charge >= 0.3 is 0 Å². The van der Waals surface area contributed by atoms with Crippen molar-refractivity contribution in [3.05, 3.63) is 41.2 Å². The highest BCUT2D eigenvalue weighted by Crippen LogP contribution is 2.20. The van der Waals surface area contributed by atoms with Crippen molar-refractivity contribution >= 4 is 11.6 Å². The van der Waals surface area contributed by atoms with Gasteiger partial charge in [-0.1, -0.05) is 23.1 Å². The molecule has 0 fully saturated rings. The summed E-state index contributed by atoms with van der Waals surface area (Å²) in [4.78, 5) is 0. The van der Waals surface area contributed by atoms with Crippen LogP contribution in [0.5, 0.6) is 5.75 Å². The number of aromatic nitrogens is 3. The number of alkyl halides is 1. The lowest BCUT2D eigenvalue weighted by Gasteiger charge is -2.07. The Labute approximate surface area is 117 Å². The highest BCUT2D eigenvalue weighted by Gasteiger charge is 2.04. The van der Waals surface area contributed by atoms with Crippen LogP contribution in [0.4, 0.5) is 0 Å². The number of hydrogen-bond donors (Lipinski definition) is 0. The van der Waals surface area contributed by atoms with Crippen LogP contribution in [-0.2, 0) is 13.7 Å². The molecule has 0 N–H and O–H groups in total. The molecule has 0 radical (unpaired) electrons. The number of ether oxygens (including phenoxy) is 1. The number of hydrogen-bond acceptors (Lipinski definition) is 3. The number of halogens is 1. The lowest BCUT2D eigenvalue weighted by atomic mass is 10.1. The van der Waals surface area contributed by atoms with Gasteiger partial charge in [-0.15, -0.1) is 16.7 Å². The first-order chi connectivity index (χ1) is 9.19. The van der Waals surface area contributed by atoms with Crippen molar-refractivity contribution < 1.29 is 4.74 Å². The number of aryl methyl sites for hydroxylation is 2. The molecule has 0 atom stereocenters. The Kier molecular flexibility index (Phi) is 4.43. The van der Waals surface area contributed by atoms with Crippen LogP contribution < -0.4 is 4.74 Å².